The summed E-state index contributed by atoms with van der Waals surface area (Å²) in [6.45, 7) is 1.62. The van der Waals surface area contributed by atoms with Crippen LogP contribution in [0, 0.1) is 0 Å². The van der Waals surface area contributed by atoms with Crippen molar-refractivity contribution in [1.29, 1.82) is 0 Å². The lowest BCUT2D eigenvalue weighted by molar-refractivity contribution is -0.121. The first kappa shape index (κ1) is 13.9. The molecule has 0 saturated carbocycles. The predicted octanol–water partition coefficient (Wildman–Crippen LogP) is 2.51. The summed E-state index contributed by atoms with van der Waals surface area (Å²) in [5, 5.41) is 3.03. The van der Waals surface area contributed by atoms with Crippen molar-refractivity contribution in [2.24, 2.45) is 0 Å². The molecule has 0 saturated heterocycles. The molecule has 21 heavy (non-hydrogen) atoms. The summed E-state index contributed by atoms with van der Waals surface area (Å²) in [5.41, 5.74) is 2.78. The van der Waals surface area contributed by atoms with Gasteiger partial charge < -0.3 is 9.88 Å². The number of nitrogens with one attached hydrogen (secondary N) is 1. The standard InChI is InChI=1S/C17H21N3O/c21-17(19-8-3-10-20-11-9-18-13-20)12-15-7-6-14-4-1-2-5-16(14)15/h1-2,4-5,9,11,13,15H,3,6-8,10,12H2,(H,19,21). The zero-order valence-corrected chi connectivity index (χ0v) is 12.2. The lowest BCUT2D eigenvalue weighted by Gasteiger charge is -2.12. The number of benzene rings is 1. The van der Waals surface area contributed by atoms with Crippen LogP contribution in [0.2, 0.25) is 0 Å². The Morgan fingerprint density at radius 1 is 1.38 bits per heavy atom. The molecule has 2 aromatic rings. The van der Waals surface area contributed by atoms with Crippen LogP contribution in [0.25, 0.3) is 0 Å². The van der Waals surface area contributed by atoms with E-state index in [1.54, 1.807) is 12.5 Å². The van der Waals surface area contributed by atoms with Crippen molar-refractivity contribution in [1.82, 2.24) is 14.9 Å². The van der Waals surface area contributed by atoms with Gasteiger partial charge in [0, 0.05) is 31.9 Å². The quantitative estimate of drug-likeness (QED) is 0.828. The summed E-state index contributed by atoms with van der Waals surface area (Å²) >= 11 is 0. The maximum atomic E-state index is 12.0. The summed E-state index contributed by atoms with van der Waals surface area (Å²) in [6.07, 6.45) is 9.27. The van der Waals surface area contributed by atoms with E-state index in [9.17, 15) is 4.79 Å². The Morgan fingerprint density at radius 3 is 3.14 bits per heavy atom. The Balaban J connectivity index is 1.41. The van der Waals surface area contributed by atoms with E-state index < -0.39 is 0 Å². The summed E-state index contributed by atoms with van der Waals surface area (Å²) in [4.78, 5) is 16.0. The second-order valence-corrected chi connectivity index (χ2v) is 5.64. The molecule has 0 spiro atoms. The van der Waals surface area contributed by atoms with E-state index in [1.165, 1.54) is 11.1 Å². The molecule has 4 nitrogen and oxygen atoms in total. The van der Waals surface area contributed by atoms with E-state index in [4.69, 9.17) is 0 Å². The van der Waals surface area contributed by atoms with Gasteiger partial charge in [-0.1, -0.05) is 24.3 Å². The molecule has 1 aliphatic carbocycles. The van der Waals surface area contributed by atoms with Gasteiger partial charge >= 0.3 is 0 Å². The molecular formula is C17H21N3O. The Labute approximate surface area is 125 Å². The minimum absolute atomic E-state index is 0.169. The average molecular weight is 283 g/mol. The van der Waals surface area contributed by atoms with Crippen molar-refractivity contribution < 1.29 is 4.79 Å². The number of imidazole rings is 1. The highest BCUT2D eigenvalue weighted by Gasteiger charge is 2.23. The fourth-order valence-corrected chi connectivity index (χ4v) is 3.06. The fourth-order valence-electron chi connectivity index (χ4n) is 3.06. The maximum absolute atomic E-state index is 12.0. The van der Waals surface area contributed by atoms with Crippen molar-refractivity contribution in [2.45, 2.75) is 38.1 Å². The van der Waals surface area contributed by atoms with Crippen LogP contribution in [0.3, 0.4) is 0 Å². The van der Waals surface area contributed by atoms with E-state index in [-0.39, 0.29) is 5.91 Å². The maximum Gasteiger partial charge on any atom is 0.220 e. The van der Waals surface area contributed by atoms with Gasteiger partial charge in [-0.3, -0.25) is 4.79 Å². The van der Waals surface area contributed by atoms with Gasteiger partial charge in [0.2, 0.25) is 5.91 Å². The Morgan fingerprint density at radius 2 is 2.29 bits per heavy atom. The molecule has 3 rings (SSSR count). The molecule has 0 aliphatic heterocycles. The molecular weight excluding hydrogens is 262 g/mol. The van der Waals surface area contributed by atoms with Crippen molar-refractivity contribution in [3.05, 3.63) is 54.1 Å². The number of rotatable bonds is 6. The van der Waals surface area contributed by atoms with E-state index in [2.05, 4.69) is 34.6 Å². The van der Waals surface area contributed by atoms with Crippen LogP contribution in [0.4, 0.5) is 0 Å². The highest BCUT2D eigenvalue weighted by atomic mass is 16.1. The van der Waals surface area contributed by atoms with Crippen LogP contribution in [0.5, 0.6) is 0 Å². The molecule has 1 heterocycles. The van der Waals surface area contributed by atoms with Crippen LogP contribution < -0.4 is 5.32 Å². The first-order valence-electron chi connectivity index (χ1n) is 7.63. The van der Waals surface area contributed by atoms with E-state index in [1.807, 2.05) is 10.8 Å². The third-order valence-corrected chi connectivity index (χ3v) is 4.16. The number of fused-ring (bicyclic) bond motifs is 1. The van der Waals surface area contributed by atoms with E-state index >= 15 is 0 Å². The number of amides is 1. The second kappa shape index (κ2) is 6.57. The minimum Gasteiger partial charge on any atom is -0.356 e. The number of carbonyl (C=O) groups is 1. The molecule has 1 unspecified atom stereocenters. The zero-order valence-electron chi connectivity index (χ0n) is 12.2. The van der Waals surface area contributed by atoms with Crippen molar-refractivity contribution in [3.8, 4) is 0 Å². The van der Waals surface area contributed by atoms with Gasteiger partial charge in [0.1, 0.15) is 0 Å². The lowest BCUT2D eigenvalue weighted by atomic mass is 9.97. The number of nitrogens with zero attached hydrogens (tertiary/aromatic N) is 2. The molecule has 1 aromatic carbocycles. The van der Waals surface area contributed by atoms with Crippen LogP contribution >= 0.6 is 0 Å². The second-order valence-electron chi connectivity index (χ2n) is 5.64. The van der Waals surface area contributed by atoms with Gasteiger partial charge in [-0.25, -0.2) is 4.98 Å². The van der Waals surface area contributed by atoms with Gasteiger partial charge in [0.25, 0.3) is 0 Å². The Hall–Kier alpha value is -2.10. The number of aryl methyl sites for hydroxylation is 2. The van der Waals surface area contributed by atoms with Crippen molar-refractivity contribution in [3.63, 3.8) is 0 Å². The first-order chi connectivity index (χ1) is 10.3. The molecule has 1 N–H and O–H groups in total. The monoisotopic (exact) mass is 283 g/mol. The lowest BCUT2D eigenvalue weighted by Crippen LogP contribution is -2.26. The molecule has 110 valence electrons. The SMILES string of the molecule is O=C(CC1CCc2ccccc21)NCCCn1ccnc1. The number of aromatic nitrogens is 2. The van der Waals surface area contributed by atoms with E-state index in [0.29, 0.717) is 12.3 Å². The fraction of sp³-hybridized carbons (Fsp3) is 0.412. The van der Waals surface area contributed by atoms with Crippen molar-refractivity contribution in [2.75, 3.05) is 6.54 Å². The Bertz CT molecular complexity index is 592. The van der Waals surface area contributed by atoms with Gasteiger partial charge in [0.15, 0.2) is 0 Å². The average Bonchev–Trinajstić information content (AvgIpc) is 3.14. The molecule has 0 bridgehead atoms. The molecule has 0 radical (unpaired) electrons. The number of carbonyl (C=O) groups excluding carboxylic acids is 1. The largest absolute Gasteiger partial charge is 0.356 e. The summed E-state index contributed by atoms with van der Waals surface area (Å²) in [5.74, 6) is 0.567. The van der Waals surface area contributed by atoms with Crippen molar-refractivity contribution >= 4 is 5.91 Å². The zero-order chi connectivity index (χ0) is 14.5. The first-order valence-corrected chi connectivity index (χ1v) is 7.63. The molecule has 1 aromatic heterocycles. The van der Waals surface area contributed by atoms with Crippen LogP contribution in [0.1, 0.15) is 36.3 Å². The summed E-state index contributed by atoms with van der Waals surface area (Å²) in [7, 11) is 0. The third kappa shape index (κ3) is 3.51. The van der Waals surface area contributed by atoms with Crippen LogP contribution in [0.15, 0.2) is 43.0 Å². The Kier molecular flexibility index (Phi) is 4.34. The smallest absolute Gasteiger partial charge is 0.220 e. The van der Waals surface area contributed by atoms with Crippen LogP contribution in [-0.4, -0.2) is 22.0 Å². The van der Waals surface area contributed by atoms with Gasteiger partial charge in [-0.15, -0.1) is 0 Å². The van der Waals surface area contributed by atoms with Gasteiger partial charge in [0.05, 0.1) is 6.33 Å². The molecule has 4 heteroatoms. The molecule has 0 fully saturated rings. The number of hydrogen-bond acceptors (Lipinski definition) is 2. The topological polar surface area (TPSA) is 46.9 Å². The predicted molar refractivity (Wildman–Crippen MR) is 82.0 cm³/mol. The molecule has 1 aliphatic rings. The van der Waals surface area contributed by atoms with Crippen LogP contribution in [-0.2, 0) is 17.8 Å². The third-order valence-electron chi connectivity index (χ3n) is 4.16. The normalized spacial score (nSPS) is 16.7. The van der Waals surface area contributed by atoms with Gasteiger partial charge in [-0.2, -0.15) is 0 Å². The number of hydrogen-bond donors (Lipinski definition) is 1. The molecule has 1 amide bonds. The minimum atomic E-state index is 0.169. The van der Waals surface area contributed by atoms with Gasteiger partial charge in [-0.05, 0) is 36.3 Å². The summed E-state index contributed by atoms with van der Waals surface area (Å²) < 4.78 is 2.03. The highest BCUT2D eigenvalue weighted by Crippen LogP contribution is 2.34. The summed E-state index contributed by atoms with van der Waals surface area (Å²) in [6, 6.07) is 8.50. The van der Waals surface area contributed by atoms with E-state index in [0.717, 1.165) is 32.4 Å². The molecule has 1 atom stereocenters. The highest BCUT2D eigenvalue weighted by molar-refractivity contribution is 5.77.